The van der Waals surface area contributed by atoms with Gasteiger partial charge in [-0.05, 0) is 24.8 Å². The van der Waals surface area contributed by atoms with Crippen molar-refractivity contribution in [2.24, 2.45) is 5.92 Å². The van der Waals surface area contributed by atoms with E-state index in [9.17, 15) is 4.79 Å². The van der Waals surface area contributed by atoms with Crippen LogP contribution in [-0.4, -0.2) is 66.3 Å². The lowest BCUT2D eigenvalue weighted by atomic mass is 9.88. The van der Waals surface area contributed by atoms with E-state index in [2.05, 4.69) is 27.1 Å². The highest BCUT2D eigenvalue weighted by Gasteiger charge is 2.23. The van der Waals surface area contributed by atoms with E-state index in [1.165, 1.54) is 19.3 Å². The molecule has 0 radical (unpaired) electrons. The molecule has 1 saturated carbocycles. The summed E-state index contributed by atoms with van der Waals surface area (Å²) in [5, 5.41) is 2.97. The fourth-order valence-electron chi connectivity index (χ4n) is 3.57. The van der Waals surface area contributed by atoms with Gasteiger partial charge in [0.15, 0.2) is 0 Å². The second-order valence-electron chi connectivity index (χ2n) is 6.93. The molecule has 2 aliphatic rings. The maximum atomic E-state index is 12.3. The number of rotatable bonds is 5. The van der Waals surface area contributed by atoms with Crippen molar-refractivity contribution in [1.29, 1.82) is 0 Å². The maximum Gasteiger partial charge on any atom is 0.317 e. The van der Waals surface area contributed by atoms with E-state index in [1.54, 1.807) is 12.4 Å². The number of aromatic nitrogens is 2. The van der Waals surface area contributed by atoms with Gasteiger partial charge in [0, 0.05) is 45.1 Å². The van der Waals surface area contributed by atoms with Gasteiger partial charge in [0.2, 0.25) is 5.95 Å². The molecule has 7 nitrogen and oxygen atoms in total. The molecule has 138 valence electrons. The van der Waals surface area contributed by atoms with Crippen molar-refractivity contribution < 1.29 is 9.53 Å². The number of piperazine rings is 1. The number of nitrogens with zero attached hydrogens (tertiary/aromatic N) is 4. The molecule has 0 spiro atoms. The van der Waals surface area contributed by atoms with Gasteiger partial charge in [-0.25, -0.2) is 14.8 Å². The Balaban J connectivity index is 1.33. The third kappa shape index (κ3) is 5.04. The molecule has 1 saturated heterocycles. The summed E-state index contributed by atoms with van der Waals surface area (Å²) in [4.78, 5) is 24.7. The van der Waals surface area contributed by atoms with Crippen LogP contribution in [0, 0.1) is 5.92 Å². The van der Waals surface area contributed by atoms with Crippen molar-refractivity contribution in [2.45, 2.75) is 38.7 Å². The highest BCUT2D eigenvalue weighted by atomic mass is 16.5. The van der Waals surface area contributed by atoms with Gasteiger partial charge in [0.25, 0.3) is 0 Å². The van der Waals surface area contributed by atoms with Gasteiger partial charge in [-0.3, -0.25) is 0 Å². The minimum atomic E-state index is -0.00563. The van der Waals surface area contributed by atoms with Crippen LogP contribution in [0.1, 0.15) is 32.6 Å². The molecule has 2 fully saturated rings. The fraction of sp³-hybridized carbons (Fsp3) is 0.722. The summed E-state index contributed by atoms with van der Waals surface area (Å²) >= 11 is 0. The zero-order valence-corrected chi connectivity index (χ0v) is 15.1. The third-order valence-electron chi connectivity index (χ3n) is 5.14. The molecule has 0 bridgehead atoms. The van der Waals surface area contributed by atoms with Crippen LogP contribution in [-0.2, 0) is 4.74 Å². The van der Waals surface area contributed by atoms with Crippen molar-refractivity contribution in [3.05, 3.63) is 18.5 Å². The van der Waals surface area contributed by atoms with Gasteiger partial charge in [0.05, 0.1) is 12.7 Å². The molecule has 3 rings (SSSR count). The van der Waals surface area contributed by atoms with E-state index < -0.39 is 0 Å². The Bertz CT molecular complexity index is 534. The van der Waals surface area contributed by atoms with E-state index in [4.69, 9.17) is 4.74 Å². The molecule has 2 amide bonds. The van der Waals surface area contributed by atoms with Gasteiger partial charge in [-0.2, -0.15) is 0 Å². The van der Waals surface area contributed by atoms with Crippen molar-refractivity contribution >= 4 is 12.0 Å². The molecule has 2 atom stereocenters. The van der Waals surface area contributed by atoms with Crippen LogP contribution in [0.4, 0.5) is 10.7 Å². The smallest absolute Gasteiger partial charge is 0.317 e. The molecule has 1 aliphatic heterocycles. The zero-order valence-electron chi connectivity index (χ0n) is 15.1. The lowest BCUT2D eigenvalue weighted by molar-refractivity contribution is -0.00272. The van der Waals surface area contributed by atoms with Crippen molar-refractivity contribution in [2.75, 3.05) is 44.2 Å². The van der Waals surface area contributed by atoms with E-state index in [-0.39, 0.29) is 6.03 Å². The summed E-state index contributed by atoms with van der Waals surface area (Å²) < 4.78 is 5.95. The summed E-state index contributed by atoms with van der Waals surface area (Å²) in [7, 11) is 0. The fourth-order valence-corrected chi connectivity index (χ4v) is 3.57. The van der Waals surface area contributed by atoms with Crippen LogP contribution >= 0.6 is 0 Å². The molecular weight excluding hydrogens is 318 g/mol. The maximum absolute atomic E-state index is 12.3. The van der Waals surface area contributed by atoms with E-state index in [0.29, 0.717) is 38.3 Å². The Morgan fingerprint density at radius 3 is 2.64 bits per heavy atom. The summed E-state index contributed by atoms with van der Waals surface area (Å²) in [5.41, 5.74) is 0. The van der Waals surface area contributed by atoms with Crippen molar-refractivity contribution in [1.82, 2.24) is 20.2 Å². The van der Waals surface area contributed by atoms with Crippen molar-refractivity contribution in [3.63, 3.8) is 0 Å². The minimum absolute atomic E-state index is 0.00563. The second-order valence-corrected chi connectivity index (χ2v) is 6.93. The molecule has 1 N–H and O–H groups in total. The average molecular weight is 347 g/mol. The molecular formula is C18H29N5O2. The molecule has 1 aromatic rings. The minimum Gasteiger partial charge on any atom is -0.376 e. The van der Waals surface area contributed by atoms with E-state index in [0.717, 1.165) is 25.5 Å². The summed E-state index contributed by atoms with van der Waals surface area (Å²) in [6.07, 6.45) is 8.84. The standard InChI is InChI=1S/C18H29N5O2/c1-15-5-2-3-6-16(15)25-14-9-21-18(24)23-12-10-22(11-13-23)17-19-7-4-8-20-17/h4,7-8,15-16H,2-3,5-6,9-14H2,1H3,(H,21,24). The van der Waals surface area contributed by atoms with Gasteiger partial charge < -0.3 is 19.9 Å². The number of nitrogens with one attached hydrogen (secondary N) is 1. The quantitative estimate of drug-likeness (QED) is 0.824. The Morgan fingerprint density at radius 1 is 1.20 bits per heavy atom. The lowest BCUT2D eigenvalue weighted by Crippen LogP contribution is -2.52. The van der Waals surface area contributed by atoms with Gasteiger partial charge in [-0.15, -0.1) is 0 Å². The Morgan fingerprint density at radius 2 is 1.92 bits per heavy atom. The predicted molar refractivity (Wildman–Crippen MR) is 96.6 cm³/mol. The van der Waals surface area contributed by atoms with Crippen LogP contribution in [0.5, 0.6) is 0 Å². The number of carbonyl (C=O) groups excluding carboxylic acids is 1. The first-order chi connectivity index (χ1) is 12.2. The Labute approximate surface area is 149 Å². The lowest BCUT2D eigenvalue weighted by Gasteiger charge is -2.34. The highest BCUT2D eigenvalue weighted by molar-refractivity contribution is 5.74. The largest absolute Gasteiger partial charge is 0.376 e. The first-order valence-electron chi connectivity index (χ1n) is 9.40. The predicted octanol–water partition coefficient (Wildman–Crippen LogP) is 1.90. The number of carbonyl (C=O) groups is 1. The SMILES string of the molecule is CC1CCCCC1OCCNC(=O)N1CCN(c2ncccn2)CC1. The Hall–Kier alpha value is -1.89. The van der Waals surface area contributed by atoms with Crippen LogP contribution < -0.4 is 10.2 Å². The van der Waals surface area contributed by atoms with Crippen LogP contribution in [0.25, 0.3) is 0 Å². The number of hydrogen-bond acceptors (Lipinski definition) is 5. The monoisotopic (exact) mass is 347 g/mol. The average Bonchev–Trinajstić information content (AvgIpc) is 2.67. The van der Waals surface area contributed by atoms with Gasteiger partial charge in [-0.1, -0.05) is 19.8 Å². The van der Waals surface area contributed by atoms with Crippen LogP contribution in [0.3, 0.4) is 0 Å². The third-order valence-corrected chi connectivity index (χ3v) is 5.14. The highest BCUT2D eigenvalue weighted by Crippen LogP contribution is 2.25. The molecule has 1 aromatic heterocycles. The molecule has 7 heteroatoms. The van der Waals surface area contributed by atoms with Crippen LogP contribution in [0.2, 0.25) is 0 Å². The number of ether oxygens (including phenoxy) is 1. The molecule has 25 heavy (non-hydrogen) atoms. The number of anilines is 1. The molecule has 1 aliphatic carbocycles. The molecule has 2 unspecified atom stereocenters. The molecule has 0 aromatic carbocycles. The van der Waals surface area contributed by atoms with E-state index in [1.807, 2.05) is 11.0 Å². The normalized spacial score (nSPS) is 24.2. The Kier molecular flexibility index (Phi) is 6.44. The number of hydrogen-bond donors (Lipinski definition) is 1. The number of urea groups is 1. The zero-order chi connectivity index (χ0) is 17.5. The first kappa shape index (κ1) is 17.9. The summed E-state index contributed by atoms with van der Waals surface area (Å²) in [5.74, 6) is 1.37. The van der Waals surface area contributed by atoms with E-state index >= 15 is 0 Å². The van der Waals surface area contributed by atoms with Gasteiger partial charge in [0.1, 0.15) is 0 Å². The van der Waals surface area contributed by atoms with Crippen molar-refractivity contribution in [3.8, 4) is 0 Å². The van der Waals surface area contributed by atoms with Crippen LogP contribution in [0.15, 0.2) is 18.5 Å². The second kappa shape index (κ2) is 8.99. The first-order valence-corrected chi connectivity index (χ1v) is 9.40. The number of amides is 2. The summed E-state index contributed by atoms with van der Waals surface area (Å²) in [6.45, 7) is 6.32. The topological polar surface area (TPSA) is 70.6 Å². The summed E-state index contributed by atoms with van der Waals surface area (Å²) in [6, 6.07) is 1.80. The van der Waals surface area contributed by atoms with Gasteiger partial charge >= 0.3 is 6.03 Å². The molecule has 2 heterocycles.